The Morgan fingerprint density at radius 3 is 2.51 bits per heavy atom. The molecule has 1 atom stereocenters. The predicted molar refractivity (Wildman–Crippen MR) is 133 cm³/mol. The monoisotopic (exact) mass is 505 g/mol. The van der Waals surface area contributed by atoms with Crippen molar-refractivity contribution < 1.29 is 14.0 Å². The number of amides is 2. The van der Waals surface area contributed by atoms with E-state index in [1.807, 2.05) is 11.8 Å². The van der Waals surface area contributed by atoms with Crippen molar-refractivity contribution in [3.63, 3.8) is 0 Å². The van der Waals surface area contributed by atoms with Crippen LogP contribution in [0.25, 0.3) is 11.0 Å². The number of likely N-dealkylation sites (tertiary alicyclic amines) is 1. The molecule has 1 saturated carbocycles. The minimum absolute atomic E-state index is 0.0195. The van der Waals surface area contributed by atoms with E-state index < -0.39 is 17.1 Å². The average molecular weight is 506 g/mol. The number of aromatic amines is 1. The first-order chi connectivity index (χ1) is 16.8. The summed E-state index contributed by atoms with van der Waals surface area (Å²) >= 11 is 1.84. The number of fused-ring (bicyclic) bond motifs is 1. The molecule has 3 fully saturated rings. The van der Waals surface area contributed by atoms with Gasteiger partial charge in [-0.3, -0.25) is 23.9 Å². The van der Waals surface area contributed by atoms with Gasteiger partial charge in [0, 0.05) is 32.1 Å². The number of rotatable bonds is 3. The van der Waals surface area contributed by atoms with E-state index in [-0.39, 0.29) is 34.8 Å². The van der Waals surface area contributed by atoms with E-state index in [9.17, 15) is 23.6 Å². The Balaban J connectivity index is 0.000000168. The lowest BCUT2D eigenvalue weighted by Crippen LogP contribution is -2.40. The molecule has 2 aromatic rings. The molecule has 2 N–H and O–H groups in total. The van der Waals surface area contributed by atoms with Gasteiger partial charge in [-0.15, -0.1) is 0 Å². The number of halogens is 1. The molecule has 35 heavy (non-hydrogen) atoms. The molecule has 2 saturated heterocycles. The van der Waals surface area contributed by atoms with Gasteiger partial charge in [0.2, 0.25) is 11.8 Å². The van der Waals surface area contributed by atoms with Crippen molar-refractivity contribution in [1.82, 2.24) is 24.8 Å². The van der Waals surface area contributed by atoms with Gasteiger partial charge in [-0.2, -0.15) is 11.8 Å². The normalized spacial score (nSPS) is 21.6. The molecule has 190 valence electrons. The zero-order valence-corrected chi connectivity index (χ0v) is 20.7. The molecule has 2 amide bonds. The van der Waals surface area contributed by atoms with Crippen molar-refractivity contribution in [2.45, 2.75) is 63.5 Å². The molecule has 5 rings (SSSR count). The summed E-state index contributed by atoms with van der Waals surface area (Å²) in [5.74, 6) is 1.40. The van der Waals surface area contributed by atoms with Crippen molar-refractivity contribution in [3.05, 3.63) is 38.9 Å². The van der Waals surface area contributed by atoms with Crippen LogP contribution in [0.4, 0.5) is 4.39 Å². The third-order valence-electron chi connectivity index (χ3n) is 6.96. The van der Waals surface area contributed by atoms with Crippen LogP contribution in [0.15, 0.2) is 21.9 Å². The smallest absolute Gasteiger partial charge is 0.330 e. The van der Waals surface area contributed by atoms with Crippen molar-refractivity contribution in [2.75, 3.05) is 25.1 Å². The molecule has 9 nitrogen and oxygen atoms in total. The number of nitrogens with zero attached hydrogens (tertiary/aromatic N) is 3. The second-order valence-electron chi connectivity index (χ2n) is 9.52. The van der Waals surface area contributed by atoms with Gasteiger partial charge in [0.15, 0.2) is 0 Å². The first-order valence-corrected chi connectivity index (χ1v) is 13.4. The fourth-order valence-electron chi connectivity index (χ4n) is 5.00. The zero-order chi connectivity index (χ0) is 24.9. The highest BCUT2D eigenvalue weighted by Crippen LogP contribution is 2.27. The summed E-state index contributed by atoms with van der Waals surface area (Å²) in [5.41, 5.74) is -0.783. The Bertz CT molecular complexity index is 1190. The minimum Gasteiger partial charge on any atom is -0.353 e. The summed E-state index contributed by atoms with van der Waals surface area (Å²) in [6.07, 6.45) is 9.05. The lowest BCUT2D eigenvalue weighted by molar-refractivity contribution is -0.128. The fraction of sp³-hybridized carbons (Fsp3) is 0.625. The van der Waals surface area contributed by atoms with Crippen LogP contribution < -0.4 is 16.6 Å². The van der Waals surface area contributed by atoms with Crippen molar-refractivity contribution in [2.24, 2.45) is 5.92 Å². The molecule has 1 aliphatic carbocycles. The Labute approximate surface area is 206 Å². The number of carbonyl (C=O) groups excluding carboxylic acids is 2. The van der Waals surface area contributed by atoms with Crippen LogP contribution in [0, 0.1) is 11.7 Å². The van der Waals surface area contributed by atoms with Gasteiger partial charge in [0.05, 0.1) is 17.5 Å². The molecule has 0 spiro atoms. The van der Waals surface area contributed by atoms with Crippen LogP contribution in [0.2, 0.25) is 0 Å². The molecule has 0 radical (unpaired) electrons. The Morgan fingerprint density at radius 2 is 1.86 bits per heavy atom. The van der Waals surface area contributed by atoms with Gasteiger partial charge in [-0.25, -0.2) is 14.2 Å². The summed E-state index contributed by atoms with van der Waals surface area (Å²) < 4.78 is 14.7. The van der Waals surface area contributed by atoms with E-state index in [0.717, 1.165) is 49.5 Å². The topological polar surface area (TPSA) is 117 Å². The molecular weight excluding hydrogens is 473 g/mol. The van der Waals surface area contributed by atoms with Gasteiger partial charge in [0.1, 0.15) is 11.5 Å². The Hall–Kier alpha value is -2.69. The number of nitrogens with one attached hydrogen (secondary N) is 2. The number of hydrogen-bond donors (Lipinski definition) is 2. The second kappa shape index (κ2) is 11.4. The molecule has 0 bridgehead atoms. The standard InChI is InChI=1S/C12H12FN3O2S.C12H20N2O2/c13-7-5-9-10(14-6-7)16(12(18)15-11(9)17)8-1-3-19-4-2-8;1-14-8-9(7-11(14)15)12(16)13-10-5-3-2-4-6-10/h5-6,8H,1-4H2,(H,15,17,18);9-10H,2-8H2,1H3,(H,13,16). The van der Waals surface area contributed by atoms with Crippen LogP contribution in [0.3, 0.4) is 0 Å². The molecule has 3 aliphatic rings. The van der Waals surface area contributed by atoms with E-state index in [0.29, 0.717) is 19.0 Å². The summed E-state index contributed by atoms with van der Waals surface area (Å²) in [6.45, 7) is 0.581. The number of hydrogen-bond acceptors (Lipinski definition) is 6. The van der Waals surface area contributed by atoms with E-state index >= 15 is 0 Å². The highest BCUT2D eigenvalue weighted by Gasteiger charge is 2.33. The fourth-order valence-corrected chi connectivity index (χ4v) is 6.08. The van der Waals surface area contributed by atoms with Crippen LogP contribution in [0.5, 0.6) is 0 Å². The predicted octanol–water partition coefficient (Wildman–Crippen LogP) is 2.21. The number of pyridine rings is 1. The number of thioether (sulfide) groups is 1. The number of carbonyl (C=O) groups is 2. The third-order valence-corrected chi connectivity index (χ3v) is 8.01. The molecule has 0 aromatic carbocycles. The molecule has 11 heteroatoms. The molecule has 1 unspecified atom stereocenters. The Morgan fingerprint density at radius 1 is 1.14 bits per heavy atom. The summed E-state index contributed by atoms with van der Waals surface area (Å²) in [7, 11) is 1.76. The lowest BCUT2D eigenvalue weighted by Gasteiger charge is -2.24. The van der Waals surface area contributed by atoms with Crippen LogP contribution in [-0.4, -0.2) is 62.4 Å². The first kappa shape index (κ1) is 25.4. The maximum Gasteiger partial charge on any atom is 0.330 e. The number of aromatic nitrogens is 3. The van der Waals surface area contributed by atoms with E-state index in [2.05, 4.69) is 15.3 Å². The average Bonchev–Trinajstić information content (AvgIpc) is 3.19. The first-order valence-electron chi connectivity index (χ1n) is 12.3. The Kier molecular flexibility index (Phi) is 8.25. The van der Waals surface area contributed by atoms with Crippen molar-refractivity contribution in [1.29, 1.82) is 0 Å². The van der Waals surface area contributed by atoms with Gasteiger partial charge in [0.25, 0.3) is 5.56 Å². The van der Waals surface area contributed by atoms with Gasteiger partial charge < -0.3 is 10.2 Å². The molecule has 2 aliphatic heterocycles. The largest absolute Gasteiger partial charge is 0.353 e. The summed E-state index contributed by atoms with van der Waals surface area (Å²) in [6, 6.07) is 1.49. The van der Waals surface area contributed by atoms with Gasteiger partial charge >= 0.3 is 5.69 Å². The van der Waals surface area contributed by atoms with Crippen LogP contribution in [-0.2, 0) is 9.59 Å². The highest BCUT2D eigenvalue weighted by molar-refractivity contribution is 7.99. The van der Waals surface area contributed by atoms with Crippen LogP contribution in [0.1, 0.15) is 57.4 Å². The lowest BCUT2D eigenvalue weighted by atomic mass is 9.95. The van der Waals surface area contributed by atoms with Crippen molar-refractivity contribution in [3.8, 4) is 0 Å². The maximum atomic E-state index is 13.2. The third kappa shape index (κ3) is 6.12. The summed E-state index contributed by atoms with van der Waals surface area (Å²) in [5, 5.41) is 3.21. The van der Waals surface area contributed by atoms with E-state index in [1.54, 1.807) is 11.9 Å². The molecular formula is C24H32FN5O4S. The number of H-pyrrole nitrogens is 1. The molecule has 2 aromatic heterocycles. The zero-order valence-electron chi connectivity index (χ0n) is 19.9. The SMILES string of the molecule is CN1CC(C(=O)NC2CCCCC2)CC1=O.O=c1[nH]c(=O)n(C2CCSCC2)c2ncc(F)cc12. The summed E-state index contributed by atoms with van der Waals surface area (Å²) in [4.78, 5) is 54.8. The molecule has 4 heterocycles. The van der Waals surface area contributed by atoms with Gasteiger partial charge in [-0.1, -0.05) is 19.3 Å². The van der Waals surface area contributed by atoms with Crippen molar-refractivity contribution >= 4 is 34.6 Å². The quantitative estimate of drug-likeness (QED) is 0.661. The minimum atomic E-state index is -0.589. The maximum absolute atomic E-state index is 13.2. The van der Waals surface area contributed by atoms with Crippen LogP contribution >= 0.6 is 11.8 Å². The second-order valence-corrected chi connectivity index (χ2v) is 10.7. The highest BCUT2D eigenvalue weighted by atomic mass is 32.2. The van der Waals surface area contributed by atoms with E-state index in [4.69, 9.17) is 0 Å². The van der Waals surface area contributed by atoms with Gasteiger partial charge in [-0.05, 0) is 43.3 Å². The van der Waals surface area contributed by atoms with E-state index in [1.165, 1.54) is 23.8 Å².